The lowest BCUT2D eigenvalue weighted by Crippen LogP contribution is -2.49. The molecule has 0 atom stereocenters. The summed E-state index contributed by atoms with van der Waals surface area (Å²) < 4.78 is 0. The molecular formula is C13H14ClN5O. The van der Waals surface area contributed by atoms with E-state index in [2.05, 4.69) is 19.9 Å². The number of aromatic nitrogens is 3. The minimum Gasteiger partial charge on any atom is -0.356 e. The molecule has 20 heavy (non-hydrogen) atoms. The van der Waals surface area contributed by atoms with Crippen LogP contribution in [0.2, 0.25) is 5.02 Å². The van der Waals surface area contributed by atoms with Crippen LogP contribution in [0.1, 0.15) is 10.5 Å². The molecule has 3 heterocycles. The zero-order valence-electron chi connectivity index (χ0n) is 10.8. The lowest BCUT2D eigenvalue weighted by molar-refractivity contribution is 0.0741. The van der Waals surface area contributed by atoms with Gasteiger partial charge in [0.2, 0.25) is 5.95 Å². The second-order valence-electron chi connectivity index (χ2n) is 4.56. The largest absolute Gasteiger partial charge is 0.356 e. The van der Waals surface area contributed by atoms with Gasteiger partial charge in [-0.15, -0.1) is 0 Å². The van der Waals surface area contributed by atoms with Gasteiger partial charge in [-0.05, 0) is 12.1 Å². The van der Waals surface area contributed by atoms with Crippen molar-refractivity contribution in [2.75, 3.05) is 31.1 Å². The summed E-state index contributed by atoms with van der Waals surface area (Å²) in [6, 6.07) is 3.44. The number of hydrogen-bond donors (Lipinski definition) is 1. The fraction of sp³-hybridized carbons (Fsp3) is 0.308. The van der Waals surface area contributed by atoms with Crippen molar-refractivity contribution in [3.63, 3.8) is 0 Å². The van der Waals surface area contributed by atoms with Crippen molar-refractivity contribution >= 4 is 23.5 Å². The molecule has 1 N–H and O–H groups in total. The number of anilines is 1. The van der Waals surface area contributed by atoms with Gasteiger partial charge in [-0.3, -0.25) is 4.79 Å². The van der Waals surface area contributed by atoms with Crippen LogP contribution in [0.3, 0.4) is 0 Å². The first kappa shape index (κ1) is 12.9. The van der Waals surface area contributed by atoms with E-state index >= 15 is 0 Å². The normalized spacial score (nSPS) is 15.4. The van der Waals surface area contributed by atoms with Crippen LogP contribution in [0, 0.1) is 0 Å². The van der Waals surface area contributed by atoms with Crippen molar-refractivity contribution in [2.24, 2.45) is 0 Å². The standard InChI is InChI=1S/C13H14ClN5O/c14-10-8-11(17-9-10)12(20)18-4-6-19(7-5-18)13-15-2-1-3-16-13/h1-3,8-9,17H,4-7H2. The first-order valence-electron chi connectivity index (χ1n) is 6.39. The van der Waals surface area contributed by atoms with Gasteiger partial charge in [0.15, 0.2) is 0 Å². The number of halogens is 1. The zero-order valence-corrected chi connectivity index (χ0v) is 11.5. The molecule has 0 radical (unpaired) electrons. The highest BCUT2D eigenvalue weighted by molar-refractivity contribution is 6.30. The van der Waals surface area contributed by atoms with Crippen molar-refractivity contribution in [3.8, 4) is 0 Å². The fourth-order valence-corrected chi connectivity index (χ4v) is 2.39. The van der Waals surface area contributed by atoms with E-state index in [4.69, 9.17) is 11.6 Å². The van der Waals surface area contributed by atoms with Crippen molar-refractivity contribution in [3.05, 3.63) is 41.4 Å². The van der Waals surface area contributed by atoms with Crippen LogP contribution in [0.25, 0.3) is 0 Å². The van der Waals surface area contributed by atoms with E-state index in [1.165, 1.54) is 0 Å². The maximum Gasteiger partial charge on any atom is 0.270 e. The first-order chi connectivity index (χ1) is 9.74. The van der Waals surface area contributed by atoms with Gasteiger partial charge < -0.3 is 14.8 Å². The van der Waals surface area contributed by atoms with E-state index in [1.807, 2.05) is 4.90 Å². The zero-order chi connectivity index (χ0) is 13.9. The Hall–Kier alpha value is -2.08. The summed E-state index contributed by atoms with van der Waals surface area (Å²) in [5, 5.41) is 0.546. The van der Waals surface area contributed by atoms with E-state index in [9.17, 15) is 4.79 Å². The quantitative estimate of drug-likeness (QED) is 0.909. The van der Waals surface area contributed by atoms with E-state index in [-0.39, 0.29) is 5.91 Å². The van der Waals surface area contributed by atoms with Gasteiger partial charge in [-0.1, -0.05) is 11.6 Å². The maximum absolute atomic E-state index is 12.2. The van der Waals surface area contributed by atoms with Crippen LogP contribution < -0.4 is 4.90 Å². The van der Waals surface area contributed by atoms with E-state index in [0.717, 1.165) is 13.1 Å². The molecule has 0 bridgehead atoms. The monoisotopic (exact) mass is 291 g/mol. The minimum absolute atomic E-state index is 0.0227. The Morgan fingerprint density at radius 2 is 1.90 bits per heavy atom. The Bertz CT molecular complexity index is 592. The third kappa shape index (κ3) is 2.60. The molecule has 1 fully saturated rings. The maximum atomic E-state index is 12.2. The highest BCUT2D eigenvalue weighted by atomic mass is 35.5. The third-order valence-electron chi connectivity index (χ3n) is 3.28. The Morgan fingerprint density at radius 3 is 2.50 bits per heavy atom. The molecule has 0 unspecified atom stereocenters. The number of H-pyrrole nitrogens is 1. The molecular weight excluding hydrogens is 278 g/mol. The average molecular weight is 292 g/mol. The smallest absolute Gasteiger partial charge is 0.270 e. The molecule has 3 rings (SSSR count). The van der Waals surface area contributed by atoms with Crippen LogP contribution in [0.4, 0.5) is 5.95 Å². The lowest BCUT2D eigenvalue weighted by Gasteiger charge is -2.34. The number of carbonyl (C=O) groups is 1. The predicted molar refractivity (Wildman–Crippen MR) is 76.0 cm³/mol. The van der Waals surface area contributed by atoms with E-state index in [1.54, 1.807) is 30.7 Å². The van der Waals surface area contributed by atoms with Crippen LogP contribution in [0.15, 0.2) is 30.7 Å². The molecule has 0 aromatic carbocycles. The van der Waals surface area contributed by atoms with Gasteiger partial charge in [-0.25, -0.2) is 9.97 Å². The number of hydrogen-bond acceptors (Lipinski definition) is 4. The van der Waals surface area contributed by atoms with Crippen LogP contribution in [-0.2, 0) is 0 Å². The number of rotatable bonds is 2. The second-order valence-corrected chi connectivity index (χ2v) is 5.00. The summed E-state index contributed by atoms with van der Waals surface area (Å²) >= 11 is 5.82. The van der Waals surface area contributed by atoms with Gasteiger partial charge >= 0.3 is 0 Å². The lowest BCUT2D eigenvalue weighted by atomic mass is 10.3. The highest BCUT2D eigenvalue weighted by Gasteiger charge is 2.23. The van der Waals surface area contributed by atoms with Crippen LogP contribution >= 0.6 is 11.6 Å². The number of amides is 1. The SMILES string of the molecule is O=C(c1cc(Cl)c[nH]1)N1CCN(c2ncccn2)CC1. The molecule has 0 saturated carbocycles. The Balaban J connectivity index is 1.63. The summed E-state index contributed by atoms with van der Waals surface area (Å²) in [5.74, 6) is 0.688. The number of carbonyl (C=O) groups excluding carboxylic acids is 1. The van der Waals surface area contributed by atoms with Gasteiger partial charge in [0, 0.05) is 44.8 Å². The summed E-state index contributed by atoms with van der Waals surface area (Å²) in [6.07, 6.45) is 5.06. The fourth-order valence-electron chi connectivity index (χ4n) is 2.23. The Labute approximate surface area is 121 Å². The number of piperazine rings is 1. The molecule has 0 spiro atoms. The molecule has 2 aromatic heterocycles. The van der Waals surface area contributed by atoms with Crippen molar-refractivity contribution < 1.29 is 4.79 Å². The number of nitrogens with one attached hydrogen (secondary N) is 1. The molecule has 104 valence electrons. The summed E-state index contributed by atoms with van der Waals surface area (Å²) in [6.45, 7) is 2.75. The average Bonchev–Trinajstić information content (AvgIpc) is 2.94. The van der Waals surface area contributed by atoms with E-state index in [0.29, 0.717) is 29.8 Å². The first-order valence-corrected chi connectivity index (χ1v) is 6.77. The topological polar surface area (TPSA) is 65.1 Å². The molecule has 1 aliphatic heterocycles. The van der Waals surface area contributed by atoms with E-state index < -0.39 is 0 Å². The Kier molecular flexibility index (Phi) is 3.56. The number of aromatic amines is 1. The van der Waals surface area contributed by atoms with Crippen LogP contribution in [-0.4, -0.2) is 51.9 Å². The molecule has 7 heteroatoms. The summed E-state index contributed by atoms with van der Waals surface area (Å²) in [4.78, 5) is 27.5. The molecule has 1 amide bonds. The molecule has 6 nitrogen and oxygen atoms in total. The van der Waals surface area contributed by atoms with Gasteiger partial charge in [0.05, 0.1) is 5.02 Å². The van der Waals surface area contributed by atoms with Gasteiger partial charge in [0.1, 0.15) is 5.69 Å². The van der Waals surface area contributed by atoms with Gasteiger partial charge in [0.25, 0.3) is 5.91 Å². The second kappa shape index (κ2) is 5.50. The molecule has 2 aromatic rings. The number of nitrogens with zero attached hydrogens (tertiary/aromatic N) is 4. The third-order valence-corrected chi connectivity index (χ3v) is 3.50. The Morgan fingerprint density at radius 1 is 1.20 bits per heavy atom. The van der Waals surface area contributed by atoms with Crippen molar-refractivity contribution in [1.29, 1.82) is 0 Å². The predicted octanol–water partition coefficient (Wildman–Crippen LogP) is 1.42. The summed E-state index contributed by atoms with van der Waals surface area (Å²) in [5.41, 5.74) is 0.527. The molecule has 1 saturated heterocycles. The van der Waals surface area contributed by atoms with Gasteiger partial charge in [-0.2, -0.15) is 0 Å². The summed E-state index contributed by atoms with van der Waals surface area (Å²) in [7, 11) is 0. The molecule has 0 aliphatic carbocycles. The highest BCUT2D eigenvalue weighted by Crippen LogP contribution is 2.14. The minimum atomic E-state index is -0.0227. The van der Waals surface area contributed by atoms with Crippen LogP contribution in [0.5, 0.6) is 0 Å². The van der Waals surface area contributed by atoms with Crippen molar-refractivity contribution in [2.45, 2.75) is 0 Å². The molecule has 1 aliphatic rings. The van der Waals surface area contributed by atoms with Crippen molar-refractivity contribution in [1.82, 2.24) is 19.9 Å².